The molecular formula is C21H17ClN2S. The van der Waals surface area contributed by atoms with Crippen molar-refractivity contribution in [2.45, 2.75) is 6.42 Å². The van der Waals surface area contributed by atoms with Crippen LogP contribution in [0.3, 0.4) is 0 Å². The Kier molecular flexibility index (Phi) is 4.43. The molecule has 1 N–H and O–H groups in total. The molecule has 1 aromatic heterocycles. The molecule has 0 fully saturated rings. The monoisotopic (exact) mass is 364 g/mol. The second-order valence-corrected chi connectivity index (χ2v) is 7.30. The Morgan fingerprint density at radius 1 is 1.00 bits per heavy atom. The summed E-state index contributed by atoms with van der Waals surface area (Å²) in [5.41, 5.74) is 8.90. The van der Waals surface area contributed by atoms with Gasteiger partial charge in [0, 0.05) is 23.3 Å². The number of rotatable bonds is 4. The molecular weight excluding hydrogens is 348 g/mol. The van der Waals surface area contributed by atoms with Gasteiger partial charge in [0.1, 0.15) is 0 Å². The van der Waals surface area contributed by atoms with Crippen molar-refractivity contribution in [2.24, 2.45) is 0 Å². The zero-order chi connectivity index (χ0) is 17.2. The van der Waals surface area contributed by atoms with Crippen molar-refractivity contribution in [3.63, 3.8) is 0 Å². The zero-order valence-corrected chi connectivity index (χ0v) is 15.4. The molecule has 124 valence electrons. The van der Waals surface area contributed by atoms with Gasteiger partial charge in [0.25, 0.3) is 0 Å². The number of benzene rings is 3. The molecule has 3 aromatic carbocycles. The number of hydrogen-bond donors (Lipinski definition) is 1. The molecule has 0 aliphatic rings. The fourth-order valence-electron chi connectivity index (χ4n) is 3.03. The quantitative estimate of drug-likeness (QED) is 0.463. The van der Waals surface area contributed by atoms with E-state index in [1.54, 1.807) is 11.3 Å². The first-order chi connectivity index (χ1) is 12.2. The smallest absolute Gasteiger partial charge is 0.0890 e. The van der Waals surface area contributed by atoms with Crippen LogP contribution in [0.15, 0.2) is 66.2 Å². The topological polar surface area (TPSA) is 24.9 Å². The highest BCUT2D eigenvalue weighted by Crippen LogP contribution is 2.33. The zero-order valence-electron chi connectivity index (χ0n) is 13.8. The highest BCUT2D eigenvalue weighted by Gasteiger charge is 2.10. The number of nitrogens with one attached hydrogen (secondary N) is 1. The molecule has 0 bridgehead atoms. The largest absolute Gasteiger partial charge is 0.388 e. The first kappa shape index (κ1) is 16.1. The van der Waals surface area contributed by atoms with Crippen LogP contribution in [0.25, 0.3) is 21.3 Å². The number of fused-ring (bicyclic) bond motifs is 1. The molecule has 0 aliphatic carbocycles. The van der Waals surface area contributed by atoms with Gasteiger partial charge in [-0.2, -0.15) is 0 Å². The van der Waals surface area contributed by atoms with Crippen LogP contribution in [0.5, 0.6) is 0 Å². The summed E-state index contributed by atoms with van der Waals surface area (Å²) in [5, 5.41) is 3.90. The first-order valence-corrected chi connectivity index (χ1v) is 9.37. The molecule has 4 aromatic rings. The highest BCUT2D eigenvalue weighted by molar-refractivity contribution is 7.16. The van der Waals surface area contributed by atoms with E-state index in [1.807, 2.05) is 30.8 Å². The lowest BCUT2D eigenvalue weighted by Crippen LogP contribution is -1.92. The summed E-state index contributed by atoms with van der Waals surface area (Å²) in [5.74, 6) is 0. The van der Waals surface area contributed by atoms with Gasteiger partial charge in [-0.15, -0.1) is 11.3 Å². The molecule has 0 aliphatic heterocycles. The van der Waals surface area contributed by atoms with Gasteiger partial charge in [-0.25, -0.2) is 4.98 Å². The predicted molar refractivity (Wildman–Crippen MR) is 109 cm³/mol. The van der Waals surface area contributed by atoms with Crippen LogP contribution in [0.4, 0.5) is 5.69 Å². The fourth-order valence-corrected chi connectivity index (χ4v) is 3.98. The highest BCUT2D eigenvalue weighted by atomic mass is 35.5. The number of thiazole rings is 1. The molecule has 0 spiro atoms. The first-order valence-electron chi connectivity index (χ1n) is 8.12. The lowest BCUT2D eigenvalue weighted by molar-refractivity contribution is 1.20. The predicted octanol–water partition coefficient (Wildman–Crippen LogP) is 6.25. The standard InChI is InChI=1S/C21H17ClN2S/c1-23-18-7-5-14(6-8-18)9-15-10-19(16-3-2-4-17(22)12-16)21-20(11-15)25-13-24-21/h2-8,10-13,23H,9H2,1H3. The van der Waals surface area contributed by atoms with Gasteiger partial charge in [0.2, 0.25) is 0 Å². The summed E-state index contributed by atoms with van der Waals surface area (Å²) < 4.78 is 1.21. The molecule has 0 amide bonds. The minimum atomic E-state index is 0.744. The van der Waals surface area contributed by atoms with Gasteiger partial charge < -0.3 is 5.32 Å². The Labute approximate surface area is 156 Å². The van der Waals surface area contributed by atoms with Crippen LogP contribution in [-0.4, -0.2) is 12.0 Å². The summed E-state index contributed by atoms with van der Waals surface area (Å²) in [7, 11) is 1.93. The molecule has 0 unspecified atom stereocenters. The Hall–Kier alpha value is -2.36. The maximum atomic E-state index is 6.19. The van der Waals surface area contributed by atoms with Gasteiger partial charge in [-0.3, -0.25) is 0 Å². The van der Waals surface area contributed by atoms with Gasteiger partial charge in [-0.05, 0) is 59.5 Å². The number of anilines is 1. The molecule has 0 saturated heterocycles. The Bertz CT molecular complexity index is 1020. The third kappa shape index (κ3) is 3.39. The van der Waals surface area contributed by atoms with E-state index in [4.69, 9.17) is 11.6 Å². The Morgan fingerprint density at radius 3 is 2.60 bits per heavy atom. The van der Waals surface area contributed by atoms with Crippen molar-refractivity contribution in [3.05, 3.63) is 82.3 Å². The van der Waals surface area contributed by atoms with E-state index < -0.39 is 0 Å². The Morgan fingerprint density at radius 2 is 1.84 bits per heavy atom. The molecule has 0 radical (unpaired) electrons. The second kappa shape index (κ2) is 6.87. The lowest BCUT2D eigenvalue weighted by atomic mass is 9.98. The maximum absolute atomic E-state index is 6.19. The number of hydrogen-bond acceptors (Lipinski definition) is 3. The number of aromatic nitrogens is 1. The molecule has 1 heterocycles. The summed E-state index contributed by atoms with van der Waals surface area (Å²) in [4.78, 5) is 4.56. The SMILES string of the molecule is CNc1ccc(Cc2cc(-c3cccc(Cl)c3)c3ncsc3c2)cc1. The van der Waals surface area contributed by atoms with Crippen molar-refractivity contribution >= 4 is 38.8 Å². The van der Waals surface area contributed by atoms with E-state index >= 15 is 0 Å². The summed E-state index contributed by atoms with van der Waals surface area (Å²) >= 11 is 7.87. The van der Waals surface area contributed by atoms with Crippen molar-refractivity contribution in [2.75, 3.05) is 12.4 Å². The summed E-state index contributed by atoms with van der Waals surface area (Å²) in [6.07, 6.45) is 0.894. The molecule has 2 nitrogen and oxygen atoms in total. The van der Waals surface area contributed by atoms with Crippen molar-refractivity contribution in [3.8, 4) is 11.1 Å². The summed E-state index contributed by atoms with van der Waals surface area (Å²) in [6, 6.07) is 21.0. The van der Waals surface area contributed by atoms with Crippen LogP contribution < -0.4 is 5.32 Å². The maximum Gasteiger partial charge on any atom is 0.0890 e. The lowest BCUT2D eigenvalue weighted by Gasteiger charge is -2.09. The van der Waals surface area contributed by atoms with E-state index in [0.717, 1.165) is 33.8 Å². The van der Waals surface area contributed by atoms with E-state index in [9.17, 15) is 0 Å². The van der Waals surface area contributed by atoms with Gasteiger partial charge in [0.05, 0.1) is 15.7 Å². The van der Waals surface area contributed by atoms with E-state index in [1.165, 1.54) is 15.8 Å². The molecule has 4 heteroatoms. The normalized spacial score (nSPS) is 11.0. The summed E-state index contributed by atoms with van der Waals surface area (Å²) in [6.45, 7) is 0. The van der Waals surface area contributed by atoms with Gasteiger partial charge in [-0.1, -0.05) is 35.9 Å². The molecule has 0 atom stereocenters. The van der Waals surface area contributed by atoms with E-state index in [-0.39, 0.29) is 0 Å². The molecule has 25 heavy (non-hydrogen) atoms. The Balaban J connectivity index is 1.77. The number of nitrogens with zero attached hydrogens (tertiary/aromatic N) is 1. The van der Waals surface area contributed by atoms with Gasteiger partial charge in [0.15, 0.2) is 0 Å². The molecule has 0 saturated carbocycles. The van der Waals surface area contributed by atoms with Crippen molar-refractivity contribution < 1.29 is 0 Å². The van der Waals surface area contributed by atoms with E-state index in [0.29, 0.717) is 0 Å². The second-order valence-electron chi connectivity index (χ2n) is 5.98. The van der Waals surface area contributed by atoms with Crippen LogP contribution in [0.1, 0.15) is 11.1 Å². The average molecular weight is 365 g/mol. The third-order valence-corrected chi connectivity index (χ3v) is 5.29. The minimum Gasteiger partial charge on any atom is -0.388 e. The van der Waals surface area contributed by atoms with Crippen LogP contribution in [-0.2, 0) is 6.42 Å². The number of halogens is 1. The average Bonchev–Trinajstić information content (AvgIpc) is 3.10. The van der Waals surface area contributed by atoms with Crippen LogP contribution >= 0.6 is 22.9 Å². The third-order valence-electron chi connectivity index (χ3n) is 4.28. The van der Waals surface area contributed by atoms with Crippen LogP contribution in [0.2, 0.25) is 5.02 Å². The van der Waals surface area contributed by atoms with Gasteiger partial charge >= 0.3 is 0 Å². The van der Waals surface area contributed by atoms with Crippen molar-refractivity contribution in [1.29, 1.82) is 0 Å². The molecule has 4 rings (SSSR count). The van der Waals surface area contributed by atoms with E-state index in [2.05, 4.69) is 52.8 Å². The van der Waals surface area contributed by atoms with Crippen molar-refractivity contribution in [1.82, 2.24) is 4.98 Å². The fraction of sp³-hybridized carbons (Fsp3) is 0.0952. The van der Waals surface area contributed by atoms with Crippen LogP contribution in [0, 0.1) is 0 Å². The minimum absolute atomic E-state index is 0.744.